The Morgan fingerprint density at radius 1 is 1.78 bits per heavy atom. The quantitative estimate of drug-likeness (QED) is 0.407. The van der Waals surface area contributed by atoms with Gasteiger partial charge in [0.05, 0.1) is 11.8 Å². The predicted octanol–water partition coefficient (Wildman–Crippen LogP) is -0.0507. The first-order valence-electron chi connectivity index (χ1n) is 5.96. The van der Waals surface area contributed by atoms with E-state index in [0.717, 1.165) is 18.7 Å². The van der Waals surface area contributed by atoms with Crippen LogP contribution in [0.5, 0.6) is 0 Å². The van der Waals surface area contributed by atoms with Crippen molar-refractivity contribution in [2.45, 2.75) is 26.0 Å². The number of hydrogen-bond acceptors (Lipinski definition) is 6. The molecule has 1 aromatic heterocycles. The van der Waals surface area contributed by atoms with Crippen LogP contribution in [0.1, 0.15) is 28.8 Å². The number of piperidine rings is 1. The summed E-state index contributed by atoms with van der Waals surface area (Å²) in [5, 5.41) is 12.0. The Hall–Kier alpha value is -1.02. The summed E-state index contributed by atoms with van der Waals surface area (Å²) in [7, 11) is 0. The van der Waals surface area contributed by atoms with Crippen molar-refractivity contribution in [1.82, 2.24) is 15.3 Å². The van der Waals surface area contributed by atoms with Gasteiger partial charge in [-0.2, -0.15) is 0 Å². The number of nitrogens with one attached hydrogen (secondary N) is 1. The molecule has 18 heavy (non-hydrogen) atoms. The fourth-order valence-corrected chi connectivity index (χ4v) is 2.74. The molecule has 1 saturated heterocycles. The largest absolute Gasteiger partial charge is 0.392 e. The molecule has 0 saturated carbocycles. The van der Waals surface area contributed by atoms with Crippen molar-refractivity contribution in [3.8, 4) is 0 Å². The fraction of sp³-hybridized carbons (Fsp3) is 0.636. The molecular formula is C11H18N4O2S. The molecule has 2 heterocycles. The van der Waals surface area contributed by atoms with Crippen LogP contribution in [0.15, 0.2) is 5.38 Å². The van der Waals surface area contributed by atoms with E-state index < -0.39 is 0 Å². The zero-order valence-electron chi connectivity index (χ0n) is 10.3. The Bertz CT molecular complexity index is 423. The minimum absolute atomic E-state index is 0.274. The maximum atomic E-state index is 11.3. The number of likely N-dealkylation sites (tertiary alicyclic amines) is 1. The van der Waals surface area contributed by atoms with Crippen molar-refractivity contribution in [3.63, 3.8) is 0 Å². The van der Waals surface area contributed by atoms with E-state index in [4.69, 9.17) is 5.84 Å². The highest BCUT2D eigenvalue weighted by atomic mass is 32.1. The number of carbonyl (C=O) groups is 1. The van der Waals surface area contributed by atoms with E-state index in [-0.39, 0.29) is 12.0 Å². The van der Waals surface area contributed by atoms with Gasteiger partial charge < -0.3 is 5.11 Å². The lowest BCUT2D eigenvalue weighted by molar-refractivity contribution is 0.0255. The van der Waals surface area contributed by atoms with Gasteiger partial charge in [-0.1, -0.05) is 6.92 Å². The van der Waals surface area contributed by atoms with E-state index in [2.05, 4.69) is 22.2 Å². The monoisotopic (exact) mass is 270 g/mol. The van der Waals surface area contributed by atoms with E-state index in [1.807, 2.05) is 5.38 Å². The molecule has 0 spiro atoms. The Labute approximate surface area is 110 Å². The van der Waals surface area contributed by atoms with Crippen molar-refractivity contribution in [3.05, 3.63) is 16.1 Å². The van der Waals surface area contributed by atoms with Crippen LogP contribution in [-0.4, -0.2) is 40.1 Å². The second kappa shape index (κ2) is 5.75. The third-order valence-electron chi connectivity index (χ3n) is 3.27. The van der Waals surface area contributed by atoms with Crippen LogP contribution in [0.2, 0.25) is 0 Å². The van der Waals surface area contributed by atoms with E-state index in [9.17, 15) is 9.90 Å². The summed E-state index contributed by atoms with van der Waals surface area (Å²) < 4.78 is 0. The Balaban J connectivity index is 1.93. The standard InChI is InChI=1S/C11H18N4O2S/c1-7-2-3-15(5-9(7)16)4-8-6-18-11(13-8)10(17)14-12/h6-7,9,16H,2-5,12H2,1H3,(H,14,17). The number of carbonyl (C=O) groups excluding carboxylic acids is 1. The summed E-state index contributed by atoms with van der Waals surface area (Å²) in [6.45, 7) is 4.35. The number of thiazole rings is 1. The molecule has 0 radical (unpaired) electrons. The third-order valence-corrected chi connectivity index (χ3v) is 4.16. The lowest BCUT2D eigenvalue weighted by Crippen LogP contribution is -2.42. The van der Waals surface area contributed by atoms with Gasteiger partial charge in [0.2, 0.25) is 0 Å². The molecule has 7 heteroatoms. The lowest BCUT2D eigenvalue weighted by atomic mass is 9.96. The SMILES string of the molecule is CC1CCN(Cc2csc(C(=O)NN)n2)CC1O. The number of aromatic nitrogens is 1. The van der Waals surface area contributed by atoms with E-state index in [0.29, 0.717) is 24.0 Å². The highest BCUT2D eigenvalue weighted by Gasteiger charge is 2.24. The number of hydrogen-bond donors (Lipinski definition) is 3. The average molecular weight is 270 g/mol. The van der Waals surface area contributed by atoms with Crippen LogP contribution in [0.4, 0.5) is 0 Å². The Morgan fingerprint density at radius 3 is 3.22 bits per heavy atom. The molecule has 2 unspecified atom stereocenters. The molecule has 1 aliphatic heterocycles. The number of hydrazine groups is 1. The number of nitrogens with zero attached hydrogens (tertiary/aromatic N) is 2. The molecule has 1 fully saturated rings. The Morgan fingerprint density at radius 2 is 2.56 bits per heavy atom. The highest BCUT2D eigenvalue weighted by Crippen LogP contribution is 2.19. The van der Waals surface area contributed by atoms with Crippen LogP contribution in [0.25, 0.3) is 0 Å². The smallest absolute Gasteiger partial charge is 0.294 e. The maximum absolute atomic E-state index is 11.3. The zero-order valence-corrected chi connectivity index (χ0v) is 11.1. The van der Waals surface area contributed by atoms with E-state index >= 15 is 0 Å². The van der Waals surface area contributed by atoms with Gasteiger partial charge in [0.25, 0.3) is 5.91 Å². The molecule has 1 aliphatic rings. The molecule has 6 nitrogen and oxygen atoms in total. The summed E-state index contributed by atoms with van der Waals surface area (Å²) in [5.41, 5.74) is 2.91. The molecule has 100 valence electrons. The van der Waals surface area contributed by atoms with Crippen LogP contribution in [0.3, 0.4) is 0 Å². The molecule has 0 bridgehead atoms. The highest BCUT2D eigenvalue weighted by molar-refractivity contribution is 7.11. The molecule has 2 atom stereocenters. The van der Waals surface area contributed by atoms with Crippen LogP contribution < -0.4 is 11.3 Å². The van der Waals surface area contributed by atoms with Gasteiger partial charge in [0.15, 0.2) is 5.01 Å². The van der Waals surface area contributed by atoms with Crippen molar-refractivity contribution in [1.29, 1.82) is 0 Å². The minimum Gasteiger partial charge on any atom is -0.392 e. The van der Waals surface area contributed by atoms with Crippen molar-refractivity contribution >= 4 is 17.2 Å². The first-order valence-corrected chi connectivity index (χ1v) is 6.84. The average Bonchev–Trinajstić information content (AvgIpc) is 2.81. The summed E-state index contributed by atoms with van der Waals surface area (Å²) in [5.74, 6) is 5.05. The summed E-state index contributed by atoms with van der Waals surface area (Å²) in [6.07, 6.45) is 0.714. The minimum atomic E-state index is -0.362. The summed E-state index contributed by atoms with van der Waals surface area (Å²) in [4.78, 5) is 17.7. The van der Waals surface area contributed by atoms with Crippen molar-refractivity contribution in [2.75, 3.05) is 13.1 Å². The van der Waals surface area contributed by atoms with Gasteiger partial charge >= 0.3 is 0 Å². The fourth-order valence-electron chi connectivity index (χ4n) is 2.03. The number of aliphatic hydroxyl groups excluding tert-OH is 1. The number of β-amino-alcohol motifs (C(OH)–C–C–N with tert-alkyl or cyclic N) is 1. The van der Waals surface area contributed by atoms with Gasteiger partial charge in [-0.05, 0) is 18.9 Å². The van der Waals surface area contributed by atoms with Gasteiger partial charge in [-0.3, -0.25) is 15.1 Å². The maximum Gasteiger partial charge on any atom is 0.294 e. The lowest BCUT2D eigenvalue weighted by Gasteiger charge is -2.33. The third kappa shape index (κ3) is 3.05. The number of amides is 1. The van der Waals surface area contributed by atoms with Gasteiger partial charge in [-0.25, -0.2) is 10.8 Å². The van der Waals surface area contributed by atoms with Gasteiger partial charge in [0.1, 0.15) is 0 Å². The Kier molecular flexibility index (Phi) is 4.28. The van der Waals surface area contributed by atoms with Crippen LogP contribution in [-0.2, 0) is 6.54 Å². The molecule has 0 aromatic carbocycles. The van der Waals surface area contributed by atoms with Crippen molar-refractivity contribution in [2.24, 2.45) is 11.8 Å². The number of nitrogens with two attached hydrogens (primary N) is 1. The first-order chi connectivity index (χ1) is 8.60. The molecule has 1 aromatic rings. The van der Waals surface area contributed by atoms with Gasteiger partial charge in [0, 0.05) is 18.5 Å². The molecule has 0 aliphatic carbocycles. The number of rotatable bonds is 3. The molecular weight excluding hydrogens is 252 g/mol. The zero-order chi connectivity index (χ0) is 13.1. The summed E-state index contributed by atoms with van der Waals surface area (Å²) >= 11 is 1.28. The van der Waals surface area contributed by atoms with E-state index in [1.165, 1.54) is 11.3 Å². The molecule has 2 rings (SSSR count). The summed E-state index contributed by atoms with van der Waals surface area (Å²) in [6, 6.07) is 0. The number of nitrogen functional groups attached to an aromatic ring is 1. The number of aliphatic hydroxyl groups is 1. The molecule has 4 N–H and O–H groups in total. The van der Waals surface area contributed by atoms with E-state index in [1.54, 1.807) is 0 Å². The predicted molar refractivity (Wildman–Crippen MR) is 68.8 cm³/mol. The van der Waals surface area contributed by atoms with Crippen LogP contribution in [0, 0.1) is 5.92 Å². The van der Waals surface area contributed by atoms with Crippen LogP contribution >= 0.6 is 11.3 Å². The second-order valence-corrected chi connectivity index (χ2v) is 5.54. The van der Waals surface area contributed by atoms with Crippen molar-refractivity contribution < 1.29 is 9.90 Å². The topological polar surface area (TPSA) is 91.5 Å². The molecule has 1 amide bonds. The normalized spacial score (nSPS) is 25.1. The first kappa shape index (κ1) is 13.4. The van der Waals surface area contributed by atoms with Gasteiger partial charge in [-0.15, -0.1) is 11.3 Å². The second-order valence-electron chi connectivity index (χ2n) is 4.69.